The summed E-state index contributed by atoms with van der Waals surface area (Å²) in [6.45, 7) is -0.539. The monoisotopic (exact) mass is 448 g/mol. The Morgan fingerprint density at radius 2 is 1.58 bits per heavy atom. The fourth-order valence-corrected chi connectivity index (χ4v) is 2.79. The number of hydrogen-bond acceptors (Lipinski definition) is 3. The second kappa shape index (κ2) is 9.53. The normalized spacial score (nSPS) is 11.0. The number of halogens is 4. The molecule has 0 saturated heterocycles. The fraction of sp³-hybridized carbons (Fsp3) is 0.0909. The number of para-hydroxylation sites is 2. The molecule has 0 aliphatic rings. The summed E-state index contributed by atoms with van der Waals surface area (Å²) in [7, 11) is 0. The number of benzene rings is 3. The minimum atomic E-state index is -4.58. The molecule has 2 amide bonds. The van der Waals surface area contributed by atoms with Crippen molar-refractivity contribution in [3.8, 4) is 5.75 Å². The van der Waals surface area contributed by atoms with Gasteiger partial charge in [0, 0.05) is 5.69 Å². The molecule has 3 aromatic rings. The van der Waals surface area contributed by atoms with Gasteiger partial charge in [-0.2, -0.15) is 13.2 Å². The van der Waals surface area contributed by atoms with Crippen LogP contribution in [0.4, 0.5) is 24.5 Å². The van der Waals surface area contributed by atoms with E-state index in [2.05, 4.69) is 10.6 Å². The van der Waals surface area contributed by atoms with Crippen LogP contribution in [0.5, 0.6) is 5.75 Å². The van der Waals surface area contributed by atoms with E-state index in [1.165, 1.54) is 12.1 Å². The first-order chi connectivity index (χ1) is 14.7. The lowest BCUT2D eigenvalue weighted by atomic mass is 10.2. The van der Waals surface area contributed by atoms with Crippen molar-refractivity contribution in [3.63, 3.8) is 0 Å². The standard InChI is InChI=1S/C22H16ClF3N2O3/c23-17-11-10-14(22(24,25)26)12-18(17)28-20(29)13-31-19-9-5-4-8-16(19)21(30)27-15-6-2-1-3-7-15/h1-12H,13H2,(H,27,30)(H,28,29). The molecule has 31 heavy (non-hydrogen) atoms. The molecule has 5 nitrogen and oxygen atoms in total. The van der Waals surface area contributed by atoms with Gasteiger partial charge in [-0.3, -0.25) is 9.59 Å². The van der Waals surface area contributed by atoms with Crippen molar-refractivity contribution >= 4 is 34.8 Å². The number of amides is 2. The lowest BCUT2D eigenvalue weighted by Gasteiger charge is -2.13. The van der Waals surface area contributed by atoms with Gasteiger partial charge in [0.25, 0.3) is 11.8 Å². The molecule has 3 rings (SSSR count). The zero-order valence-corrected chi connectivity index (χ0v) is 16.6. The number of rotatable bonds is 6. The van der Waals surface area contributed by atoms with Crippen LogP contribution in [-0.4, -0.2) is 18.4 Å². The first kappa shape index (κ1) is 22.2. The molecule has 160 valence electrons. The molecule has 0 atom stereocenters. The van der Waals surface area contributed by atoms with Crippen molar-refractivity contribution in [3.05, 3.63) is 88.9 Å². The number of carbonyl (C=O) groups excluding carboxylic acids is 2. The fourth-order valence-electron chi connectivity index (χ4n) is 2.63. The van der Waals surface area contributed by atoms with Crippen LogP contribution >= 0.6 is 11.6 Å². The van der Waals surface area contributed by atoms with Crippen LogP contribution in [0.25, 0.3) is 0 Å². The van der Waals surface area contributed by atoms with Crippen molar-refractivity contribution < 1.29 is 27.5 Å². The molecule has 0 aliphatic heterocycles. The Morgan fingerprint density at radius 3 is 2.29 bits per heavy atom. The van der Waals surface area contributed by atoms with Crippen LogP contribution in [0.1, 0.15) is 15.9 Å². The smallest absolute Gasteiger partial charge is 0.416 e. The summed E-state index contributed by atoms with van der Waals surface area (Å²) in [5.41, 5.74) is -0.369. The van der Waals surface area contributed by atoms with Gasteiger partial charge in [0.1, 0.15) is 5.75 Å². The Kier molecular flexibility index (Phi) is 6.81. The highest BCUT2D eigenvalue weighted by molar-refractivity contribution is 6.33. The van der Waals surface area contributed by atoms with Crippen molar-refractivity contribution in [2.75, 3.05) is 17.2 Å². The molecule has 0 fully saturated rings. The van der Waals surface area contributed by atoms with E-state index in [-0.39, 0.29) is 22.0 Å². The summed E-state index contributed by atoms with van der Waals surface area (Å²) in [5, 5.41) is 4.94. The average molecular weight is 449 g/mol. The van der Waals surface area contributed by atoms with Gasteiger partial charge in [-0.25, -0.2) is 0 Å². The van der Waals surface area contributed by atoms with E-state index in [0.29, 0.717) is 5.69 Å². The van der Waals surface area contributed by atoms with Gasteiger partial charge in [-0.05, 0) is 42.5 Å². The predicted octanol–water partition coefficient (Wildman–Crippen LogP) is 5.63. The number of ether oxygens (including phenoxy) is 1. The maximum Gasteiger partial charge on any atom is 0.416 e. The summed E-state index contributed by atoms with van der Waals surface area (Å²) in [6.07, 6.45) is -4.58. The van der Waals surface area contributed by atoms with Crippen molar-refractivity contribution in [1.82, 2.24) is 0 Å². The van der Waals surface area contributed by atoms with E-state index in [0.717, 1.165) is 18.2 Å². The zero-order valence-electron chi connectivity index (χ0n) is 15.9. The van der Waals surface area contributed by atoms with Gasteiger partial charge in [-0.15, -0.1) is 0 Å². The molecular formula is C22H16ClF3N2O3. The number of nitrogens with one attached hydrogen (secondary N) is 2. The molecular weight excluding hydrogens is 433 g/mol. The maximum atomic E-state index is 12.9. The summed E-state index contributed by atoms with van der Waals surface area (Å²) in [6, 6.07) is 17.7. The molecule has 0 spiro atoms. The first-order valence-electron chi connectivity index (χ1n) is 8.99. The highest BCUT2D eigenvalue weighted by Crippen LogP contribution is 2.33. The molecule has 0 heterocycles. The molecule has 2 N–H and O–H groups in total. The third-order valence-corrected chi connectivity index (χ3v) is 4.42. The quantitative estimate of drug-likeness (QED) is 0.513. The molecule has 9 heteroatoms. The maximum absolute atomic E-state index is 12.9. The summed E-state index contributed by atoms with van der Waals surface area (Å²) >= 11 is 5.88. The van der Waals surface area contributed by atoms with Gasteiger partial charge in [0.05, 0.1) is 21.8 Å². The van der Waals surface area contributed by atoms with Crippen molar-refractivity contribution in [2.24, 2.45) is 0 Å². The van der Waals surface area contributed by atoms with Crippen LogP contribution in [-0.2, 0) is 11.0 Å². The highest BCUT2D eigenvalue weighted by Gasteiger charge is 2.31. The van der Waals surface area contributed by atoms with Crippen LogP contribution in [0, 0.1) is 0 Å². The molecule has 3 aromatic carbocycles. The van der Waals surface area contributed by atoms with Gasteiger partial charge in [0.15, 0.2) is 6.61 Å². The van der Waals surface area contributed by atoms with E-state index in [4.69, 9.17) is 16.3 Å². The van der Waals surface area contributed by atoms with Gasteiger partial charge in [0.2, 0.25) is 0 Å². The van der Waals surface area contributed by atoms with E-state index < -0.39 is 30.2 Å². The third-order valence-electron chi connectivity index (χ3n) is 4.09. The third kappa shape index (κ3) is 5.99. The van der Waals surface area contributed by atoms with Crippen LogP contribution < -0.4 is 15.4 Å². The number of alkyl halides is 3. The Morgan fingerprint density at radius 1 is 0.903 bits per heavy atom. The average Bonchev–Trinajstić information content (AvgIpc) is 2.74. The van der Waals surface area contributed by atoms with Gasteiger partial charge < -0.3 is 15.4 Å². The Bertz CT molecular complexity index is 1090. The number of carbonyl (C=O) groups is 2. The van der Waals surface area contributed by atoms with Crippen LogP contribution in [0.2, 0.25) is 5.02 Å². The number of hydrogen-bond donors (Lipinski definition) is 2. The Labute approximate surface area is 180 Å². The topological polar surface area (TPSA) is 67.4 Å². The van der Waals surface area contributed by atoms with E-state index in [9.17, 15) is 22.8 Å². The van der Waals surface area contributed by atoms with E-state index >= 15 is 0 Å². The number of anilines is 2. The minimum Gasteiger partial charge on any atom is -0.483 e. The minimum absolute atomic E-state index is 0.0519. The van der Waals surface area contributed by atoms with Crippen molar-refractivity contribution in [2.45, 2.75) is 6.18 Å². The molecule has 0 bridgehead atoms. The predicted molar refractivity (Wildman–Crippen MR) is 111 cm³/mol. The largest absolute Gasteiger partial charge is 0.483 e. The van der Waals surface area contributed by atoms with E-state index in [1.807, 2.05) is 6.07 Å². The van der Waals surface area contributed by atoms with Crippen molar-refractivity contribution in [1.29, 1.82) is 0 Å². The molecule has 0 aliphatic carbocycles. The van der Waals surface area contributed by atoms with Crippen LogP contribution in [0.15, 0.2) is 72.8 Å². The van der Waals surface area contributed by atoms with E-state index in [1.54, 1.807) is 36.4 Å². The summed E-state index contributed by atoms with van der Waals surface area (Å²) in [5.74, 6) is -1.04. The first-order valence-corrected chi connectivity index (χ1v) is 9.36. The molecule has 0 radical (unpaired) electrons. The lowest BCUT2D eigenvalue weighted by Crippen LogP contribution is -2.22. The Balaban J connectivity index is 1.67. The molecule has 0 saturated carbocycles. The van der Waals surface area contributed by atoms with Gasteiger partial charge in [-0.1, -0.05) is 41.9 Å². The summed E-state index contributed by atoms with van der Waals surface area (Å²) in [4.78, 5) is 24.7. The SMILES string of the molecule is O=C(COc1ccccc1C(=O)Nc1ccccc1)Nc1cc(C(F)(F)F)ccc1Cl. The summed E-state index contributed by atoms with van der Waals surface area (Å²) < 4.78 is 44.0. The molecule has 0 aromatic heterocycles. The highest BCUT2D eigenvalue weighted by atomic mass is 35.5. The zero-order chi connectivity index (χ0) is 22.4. The lowest BCUT2D eigenvalue weighted by molar-refractivity contribution is -0.137. The van der Waals surface area contributed by atoms with Gasteiger partial charge >= 0.3 is 6.18 Å². The molecule has 0 unspecified atom stereocenters. The van der Waals surface area contributed by atoms with Crippen LogP contribution in [0.3, 0.4) is 0 Å². The second-order valence-corrected chi connectivity index (χ2v) is 6.75. The Hall–Kier alpha value is -3.52. The second-order valence-electron chi connectivity index (χ2n) is 6.35.